The summed E-state index contributed by atoms with van der Waals surface area (Å²) < 4.78 is 33.0. The molecular weight excluding hydrogens is 388 g/mol. The van der Waals surface area contributed by atoms with Crippen molar-refractivity contribution in [3.63, 3.8) is 0 Å². The molecule has 29 heavy (non-hydrogen) atoms. The van der Waals surface area contributed by atoms with Crippen molar-refractivity contribution in [1.29, 1.82) is 0 Å². The fourth-order valence-electron chi connectivity index (χ4n) is 3.91. The van der Waals surface area contributed by atoms with E-state index < -0.39 is 10.0 Å². The number of hydrogen-bond acceptors (Lipinski definition) is 6. The lowest BCUT2D eigenvalue weighted by Crippen LogP contribution is -2.40. The molecule has 0 saturated carbocycles. The maximum absolute atomic E-state index is 13.1. The number of benzene rings is 1. The summed E-state index contributed by atoms with van der Waals surface area (Å²) in [7, 11) is -3.56. The van der Waals surface area contributed by atoms with Crippen LogP contribution in [0, 0.1) is 6.92 Å². The first-order valence-corrected chi connectivity index (χ1v) is 11.8. The zero-order valence-corrected chi connectivity index (χ0v) is 17.7. The van der Waals surface area contributed by atoms with Crippen LogP contribution in [0.5, 0.6) is 0 Å². The quantitative estimate of drug-likeness (QED) is 0.763. The summed E-state index contributed by atoms with van der Waals surface area (Å²) in [6, 6.07) is 9.39. The zero-order chi connectivity index (χ0) is 20.3. The van der Waals surface area contributed by atoms with Crippen molar-refractivity contribution >= 4 is 15.8 Å². The van der Waals surface area contributed by atoms with E-state index in [9.17, 15) is 8.42 Å². The number of hydrogen-bond donors (Lipinski definition) is 0. The number of nitrogens with zero attached hydrogens (tertiary/aromatic N) is 4. The fraction of sp³-hybridized carbons (Fsp3) is 0.524. The van der Waals surface area contributed by atoms with Crippen LogP contribution in [0.2, 0.25) is 0 Å². The number of ether oxygens (including phenoxy) is 1. The van der Waals surface area contributed by atoms with Crippen molar-refractivity contribution in [2.24, 2.45) is 0 Å². The van der Waals surface area contributed by atoms with Gasteiger partial charge in [-0.2, -0.15) is 4.31 Å². The van der Waals surface area contributed by atoms with Crippen LogP contribution in [0.4, 0.5) is 5.82 Å². The lowest BCUT2D eigenvalue weighted by Gasteiger charge is -2.26. The predicted molar refractivity (Wildman–Crippen MR) is 112 cm³/mol. The van der Waals surface area contributed by atoms with Gasteiger partial charge in [0.1, 0.15) is 0 Å². The van der Waals surface area contributed by atoms with E-state index in [4.69, 9.17) is 4.74 Å². The molecule has 0 atom stereocenters. The Bertz CT molecular complexity index is 933. The molecular formula is C21H28N4O3S. The van der Waals surface area contributed by atoms with Crippen LogP contribution >= 0.6 is 0 Å². The summed E-state index contributed by atoms with van der Waals surface area (Å²) in [6.45, 7) is 5.49. The van der Waals surface area contributed by atoms with Crippen LogP contribution in [0.1, 0.15) is 31.2 Å². The van der Waals surface area contributed by atoms with Gasteiger partial charge in [0.25, 0.3) is 0 Å². The summed E-state index contributed by atoms with van der Waals surface area (Å²) in [5, 5.41) is 8.82. The van der Waals surface area contributed by atoms with Gasteiger partial charge in [-0.15, -0.1) is 10.2 Å². The Morgan fingerprint density at radius 3 is 2.28 bits per heavy atom. The number of sulfonamides is 1. The van der Waals surface area contributed by atoms with Crippen molar-refractivity contribution in [1.82, 2.24) is 14.5 Å². The molecule has 2 aromatic rings. The first-order valence-electron chi connectivity index (χ1n) is 10.3. The molecule has 0 N–H and O–H groups in total. The Morgan fingerprint density at radius 1 is 0.897 bits per heavy atom. The fourth-order valence-corrected chi connectivity index (χ4v) is 5.57. The highest BCUT2D eigenvalue weighted by Crippen LogP contribution is 2.27. The number of rotatable bonds is 4. The number of aromatic nitrogens is 2. The second-order valence-corrected chi connectivity index (χ2v) is 9.58. The van der Waals surface area contributed by atoms with Crippen LogP contribution in [0.3, 0.4) is 0 Å². The van der Waals surface area contributed by atoms with E-state index in [0.717, 1.165) is 30.0 Å². The van der Waals surface area contributed by atoms with Gasteiger partial charge >= 0.3 is 0 Å². The minimum Gasteiger partial charge on any atom is -0.379 e. The van der Waals surface area contributed by atoms with E-state index in [1.54, 1.807) is 6.07 Å². The third-order valence-corrected chi connectivity index (χ3v) is 7.69. The molecule has 1 aromatic carbocycles. The first kappa shape index (κ1) is 20.3. The van der Waals surface area contributed by atoms with Gasteiger partial charge < -0.3 is 9.64 Å². The van der Waals surface area contributed by atoms with Crippen LogP contribution in [-0.4, -0.2) is 62.3 Å². The summed E-state index contributed by atoms with van der Waals surface area (Å²) in [5.74, 6) is 0.893. The van der Waals surface area contributed by atoms with E-state index >= 15 is 0 Å². The lowest BCUT2D eigenvalue weighted by atomic mass is 10.1. The second-order valence-electron chi connectivity index (χ2n) is 7.67. The van der Waals surface area contributed by atoms with Crippen LogP contribution in [0.15, 0.2) is 35.2 Å². The Labute approximate surface area is 172 Å². The van der Waals surface area contributed by atoms with Gasteiger partial charge in [0.2, 0.25) is 10.0 Å². The highest BCUT2D eigenvalue weighted by Gasteiger charge is 2.28. The van der Waals surface area contributed by atoms with Gasteiger partial charge in [0, 0.05) is 31.7 Å². The Balaban J connectivity index is 1.60. The van der Waals surface area contributed by atoms with Gasteiger partial charge in [0.15, 0.2) is 5.82 Å². The molecule has 4 rings (SSSR count). The van der Waals surface area contributed by atoms with Crippen molar-refractivity contribution in [2.75, 3.05) is 44.3 Å². The molecule has 156 valence electrons. The maximum atomic E-state index is 13.1. The normalized spacial score (nSPS) is 19.1. The van der Waals surface area contributed by atoms with Crippen molar-refractivity contribution in [3.8, 4) is 11.3 Å². The molecule has 0 unspecified atom stereocenters. The van der Waals surface area contributed by atoms with E-state index in [0.29, 0.717) is 36.9 Å². The average molecular weight is 417 g/mol. The Kier molecular flexibility index (Phi) is 6.12. The van der Waals surface area contributed by atoms with Crippen LogP contribution in [0.25, 0.3) is 11.3 Å². The summed E-state index contributed by atoms with van der Waals surface area (Å²) >= 11 is 0. The van der Waals surface area contributed by atoms with Gasteiger partial charge in [0.05, 0.1) is 23.8 Å². The largest absolute Gasteiger partial charge is 0.379 e. The molecule has 0 radical (unpaired) electrons. The molecule has 0 spiro atoms. The van der Waals surface area contributed by atoms with Crippen molar-refractivity contribution in [2.45, 2.75) is 37.5 Å². The zero-order valence-electron chi connectivity index (χ0n) is 16.9. The third kappa shape index (κ3) is 4.44. The van der Waals surface area contributed by atoms with E-state index in [1.165, 1.54) is 30.0 Å². The van der Waals surface area contributed by atoms with Gasteiger partial charge in [-0.3, -0.25) is 0 Å². The van der Waals surface area contributed by atoms with Gasteiger partial charge in [-0.25, -0.2) is 8.42 Å². The SMILES string of the molecule is Cc1ccc(-c2ccc(N3CCCCCC3)nn2)cc1S(=O)(=O)N1CCOCC1. The van der Waals surface area contributed by atoms with Crippen LogP contribution < -0.4 is 4.90 Å². The standard InChI is InChI=1S/C21H28N4O3S/c1-17-6-7-18(16-20(17)29(26,27)25-12-14-28-15-13-25)19-8-9-21(23-22-19)24-10-4-2-3-5-11-24/h6-9,16H,2-5,10-15H2,1H3. The Hall–Kier alpha value is -2.03. The van der Waals surface area contributed by atoms with Crippen molar-refractivity contribution in [3.05, 3.63) is 35.9 Å². The smallest absolute Gasteiger partial charge is 0.243 e. The first-order chi connectivity index (χ1) is 14.1. The summed E-state index contributed by atoms with van der Waals surface area (Å²) in [6.07, 6.45) is 4.91. The minimum absolute atomic E-state index is 0.329. The molecule has 2 fully saturated rings. The number of aryl methyl sites for hydroxylation is 1. The van der Waals surface area contributed by atoms with Gasteiger partial charge in [-0.05, 0) is 43.5 Å². The highest BCUT2D eigenvalue weighted by molar-refractivity contribution is 7.89. The summed E-state index contributed by atoms with van der Waals surface area (Å²) in [4.78, 5) is 2.61. The van der Waals surface area contributed by atoms with Crippen molar-refractivity contribution < 1.29 is 13.2 Å². The van der Waals surface area contributed by atoms with Gasteiger partial charge in [-0.1, -0.05) is 25.0 Å². The van der Waals surface area contributed by atoms with E-state index in [2.05, 4.69) is 15.1 Å². The van der Waals surface area contributed by atoms with Crippen LogP contribution in [-0.2, 0) is 14.8 Å². The van der Waals surface area contributed by atoms with E-state index in [-0.39, 0.29) is 0 Å². The molecule has 0 amide bonds. The molecule has 8 heteroatoms. The third-order valence-electron chi connectivity index (χ3n) is 5.65. The molecule has 3 heterocycles. The number of morpholine rings is 1. The molecule has 2 saturated heterocycles. The monoisotopic (exact) mass is 416 g/mol. The Morgan fingerprint density at radius 2 is 1.62 bits per heavy atom. The predicted octanol–water partition coefficient (Wildman–Crippen LogP) is 2.85. The highest BCUT2D eigenvalue weighted by atomic mass is 32.2. The summed E-state index contributed by atoms with van der Waals surface area (Å²) in [5.41, 5.74) is 2.17. The second kappa shape index (κ2) is 8.77. The maximum Gasteiger partial charge on any atom is 0.243 e. The molecule has 2 aliphatic heterocycles. The average Bonchev–Trinajstić information content (AvgIpc) is 3.04. The molecule has 1 aromatic heterocycles. The molecule has 0 bridgehead atoms. The molecule has 7 nitrogen and oxygen atoms in total. The topological polar surface area (TPSA) is 75.6 Å². The minimum atomic E-state index is -3.56. The molecule has 2 aliphatic rings. The number of anilines is 1. The molecule has 0 aliphatic carbocycles. The lowest BCUT2D eigenvalue weighted by molar-refractivity contribution is 0.0730. The van der Waals surface area contributed by atoms with E-state index in [1.807, 2.05) is 31.2 Å².